The van der Waals surface area contributed by atoms with Gasteiger partial charge in [0.15, 0.2) is 23.2 Å². The van der Waals surface area contributed by atoms with Crippen molar-refractivity contribution in [2.45, 2.75) is 31.1 Å². The maximum Gasteiger partial charge on any atom is 0.177 e. The molecule has 0 radical (unpaired) electrons. The van der Waals surface area contributed by atoms with Crippen LogP contribution in [0.25, 0.3) is 11.2 Å². The van der Waals surface area contributed by atoms with Crippen LogP contribution in [0.4, 0.5) is 10.2 Å². The fraction of sp³-hybridized carbons (Fsp3) is 0.250. The molecule has 3 heterocycles. The summed E-state index contributed by atoms with van der Waals surface area (Å²) in [7, 11) is 0. The van der Waals surface area contributed by atoms with E-state index in [0.717, 1.165) is 11.1 Å². The number of halogens is 1. The maximum atomic E-state index is 13.0. The lowest BCUT2D eigenvalue weighted by Crippen LogP contribution is -2.33. The molecule has 4 atom stereocenters. The number of ether oxygens (including phenoxy) is 2. The Hall–Kier alpha value is -3.97. The van der Waals surface area contributed by atoms with Crippen molar-refractivity contribution in [2.75, 3.05) is 12.0 Å². The van der Waals surface area contributed by atoms with Gasteiger partial charge in [0, 0.05) is 0 Å². The molecule has 4 N–H and O–H groups in total. The Kier molecular flexibility index (Phi) is 6.82. The maximum absolute atomic E-state index is 13.0. The SMILES string of the molecule is OC[C@H]1O[C@@H](n2cnc3c(N/N=C/c4ccc(OCc5ccc(F)cc5)cc4)ncnc32)C(O)[C@H]1O. The molecular weight excluding hydrogens is 471 g/mol. The van der Waals surface area contributed by atoms with E-state index < -0.39 is 31.1 Å². The Morgan fingerprint density at radius 1 is 1.06 bits per heavy atom. The number of aromatic nitrogens is 4. The third kappa shape index (κ3) is 4.88. The normalized spacial score (nSPS) is 21.9. The largest absolute Gasteiger partial charge is 0.489 e. The molecule has 4 aromatic rings. The van der Waals surface area contributed by atoms with Crippen molar-refractivity contribution < 1.29 is 29.2 Å². The van der Waals surface area contributed by atoms with Gasteiger partial charge in [-0.1, -0.05) is 12.1 Å². The van der Waals surface area contributed by atoms with Gasteiger partial charge < -0.3 is 24.8 Å². The van der Waals surface area contributed by atoms with Gasteiger partial charge in [-0.3, -0.25) is 9.99 Å². The molecule has 0 amide bonds. The number of benzene rings is 2. The molecule has 2 aromatic carbocycles. The fourth-order valence-corrected chi connectivity index (χ4v) is 3.80. The third-order valence-corrected chi connectivity index (χ3v) is 5.73. The molecule has 0 aliphatic carbocycles. The predicted molar refractivity (Wildman–Crippen MR) is 127 cm³/mol. The van der Waals surface area contributed by atoms with E-state index >= 15 is 0 Å². The summed E-state index contributed by atoms with van der Waals surface area (Å²) in [6, 6.07) is 13.4. The van der Waals surface area contributed by atoms with Gasteiger partial charge in [0.2, 0.25) is 0 Å². The Bertz CT molecular complexity index is 1350. The van der Waals surface area contributed by atoms with E-state index in [4.69, 9.17) is 9.47 Å². The number of imidazole rings is 1. The van der Waals surface area contributed by atoms with Crippen LogP contribution in [-0.4, -0.2) is 66.0 Å². The van der Waals surface area contributed by atoms with E-state index in [1.807, 2.05) is 12.1 Å². The van der Waals surface area contributed by atoms with E-state index in [-0.39, 0.29) is 5.82 Å². The molecule has 12 heteroatoms. The summed E-state index contributed by atoms with van der Waals surface area (Å²) < 4.78 is 25.7. The second-order valence-corrected chi connectivity index (χ2v) is 8.13. The first-order valence-corrected chi connectivity index (χ1v) is 11.1. The zero-order valence-electron chi connectivity index (χ0n) is 18.8. The first-order valence-electron chi connectivity index (χ1n) is 11.1. The second kappa shape index (κ2) is 10.3. The van der Waals surface area contributed by atoms with Gasteiger partial charge in [0.25, 0.3) is 0 Å². The van der Waals surface area contributed by atoms with Crippen molar-refractivity contribution in [3.63, 3.8) is 0 Å². The number of aliphatic hydroxyl groups is 3. The number of hydrogen-bond acceptors (Lipinski definition) is 10. The molecule has 1 fully saturated rings. The van der Waals surface area contributed by atoms with E-state index in [9.17, 15) is 19.7 Å². The molecule has 36 heavy (non-hydrogen) atoms. The number of nitrogens with zero attached hydrogens (tertiary/aromatic N) is 5. The van der Waals surface area contributed by atoms with Gasteiger partial charge in [-0.2, -0.15) is 5.10 Å². The topological polar surface area (TPSA) is 147 Å². The third-order valence-electron chi connectivity index (χ3n) is 5.73. The summed E-state index contributed by atoms with van der Waals surface area (Å²) in [5, 5.41) is 33.9. The van der Waals surface area contributed by atoms with Gasteiger partial charge in [0.1, 0.15) is 42.8 Å². The summed E-state index contributed by atoms with van der Waals surface area (Å²) in [6.07, 6.45) is -0.0384. The zero-order chi connectivity index (χ0) is 25.1. The number of nitrogens with one attached hydrogen (secondary N) is 1. The number of aliphatic hydroxyl groups excluding tert-OH is 3. The predicted octanol–water partition coefficient (Wildman–Crippen LogP) is 1.60. The monoisotopic (exact) mass is 494 g/mol. The highest BCUT2D eigenvalue weighted by molar-refractivity contribution is 5.84. The van der Waals surface area contributed by atoms with Gasteiger partial charge >= 0.3 is 0 Å². The molecule has 1 saturated heterocycles. The first kappa shape index (κ1) is 23.8. The number of rotatable bonds is 8. The zero-order valence-corrected chi connectivity index (χ0v) is 18.8. The van der Waals surface area contributed by atoms with Crippen molar-refractivity contribution in [1.82, 2.24) is 19.5 Å². The van der Waals surface area contributed by atoms with Crippen LogP contribution in [-0.2, 0) is 11.3 Å². The van der Waals surface area contributed by atoms with Crippen LogP contribution in [0.1, 0.15) is 17.4 Å². The Morgan fingerprint density at radius 3 is 2.56 bits per heavy atom. The van der Waals surface area contributed by atoms with Crippen LogP contribution in [0.15, 0.2) is 66.3 Å². The fourth-order valence-electron chi connectivity index (χ4n) is 3.80. The van der Waals surface area contributed by atoms with Crippen molar-refractivity contribution in [2.24, 2.45) is 5.10 Å². The average molecular weight is 494 g/mol. The van der Waals surface area contributed by atoms with E-state index in [1.165, 1.54) is 29.4 Å². The molecule has 0 saturated carbocycles. The lowest BCUT2D eigenvalue weighted by atomic mass is 10.1. The lowest BCUT2D eigenvalue weighted by molar-refractivity contribution is -0.0511. The quantitative estimate of drug-likeness (QED) is 0.212. The van der Waals surface area contributed by atoms with Gasteiger partial charge in [-0.25, -0.2) is 19.3 Å². The smallest absolute Gasteiger partial charge is 0.177 e. The number of fused-ring (bicyclic) bond motifs is 1. The van der Waals surface area contributed by atoms with E-state index in [1.54, 1.807) is 30.5 Å². The second-order valence-electron chi connectivity index (χ2n) is 8.13. The molecule has 0 bridgehead atoms. The van der Waals surface area contributed by atoms with Crippen LogP contribution in [0.3, 0.4) is 0 Å². The summed E-state index contributed by atoms with van der Waals surface area (Å²) in [5.41, 5.74) is 5.25. The summed E-state index contributed by atoms with van der Waals surface area (Å²) in [5.74, 6) is 0.711. The molecule has 11 nitrogen and oxygen atoms in total. The van der Waals surface area contributed by atoms with E-state index in [2.05, 4.69) is 25.5 Å². The van der Waals surface area contributed by atoms with Crippen LogP contribution in [0.5, 0.6) is 5.75 Å². The number of hydrogen-bond donors (Lipinski definition) is 4. The summed E-state index contributed by atoms with van der Waals surface area (Å²) in [4.78, 5) is 12.7. The minimum Gasteiger partial charge on any atom is -0.489 e. The highest BCUT2D eigenvalue weighted by Crippen LogP contribution is 2.32. The van der Waals surface area contributed by atoms with Gasteiger partial charge in [0.05, 0.1) is 19.1 Å². The standard InChI is InChI=1S/C24H23FN6O5/c25-16-5-1-15(2-6-16)11-35-17-7-3-14(4-8-17)9-29-30-22-19-23(27-12-26-22)31(13-28-19)24-21(34)20(33)18(10-32)36-24/h1-9,12-13,18,20-21,24,32-34H,10-11H2,(H,26,27,30)/b29-9+/t18-,20+,21?,24-/m1/s1. The Morgan fingerprint density at radius 2 is 1.83 bits per heavy atom. The Labute approximate surface area is 204 Å². The van der Waals surface area contributed by atoms with Crippen LogP contribution in [0.2, 0.25) is 0 Å². The Balaban J connectivity index is 1.23. The van der Waals surface area contributed by atoms with Crippen molar-refractivity contribution in [3.8, 4) is 5.75 Å². The molecule has 1 aliphatic rings. The number of anilines is 1. The molecule has 186 valence electrons. The minimum absolute atomic E-state index is 0.287. The number of hydrazone groups is 1. The van der Waals surface area contributed by atoms with Crippen LogP contribution >= 0.6 is 0 Å². The first-order chi connectivity index (χ1) is 17.5. The average Bonchev–Trinajstić information content (AvgIpc) is 3.45. The van der Waals surface area contributed by atoms with Crippen molar-refractivity contribution in [3.05, 3.63) is 78.1 Å². The van der Waals surface area contributed by atoms with Crippen LogP contribution < -0.4 is 10.2 Å². The minimum atomic E-state index is -1.26. The van der Waals surface area contributed by atoms with Crippen molar-refractivity contribution >= 4 is 23.2 Å². The molecule has 5 rings (SSSR count). The van der Waals surface area contributed by atoms with Crippen molar-refractivity contribution in [1.29, 1.82) is 0 Å². The molecular formula is C24H23FN6O5. The molecule has 0 spiro atoms. The van der Waals surface area contributed by atoms with E-state index in [0.29, 0.717) is 29.3 Å². The van der Waals surface area contributed by atoms with Gasteiger partial charge in [-0.05, 0) is 47.5 Å². The van der Waals surface area contributed by atoms with Gasteiger partial charge in [-0.15, -0.1) is 0 Å². The molecule has 1 unspecified atom stereocenters. The lowest BCUT2D eigenvalue weighted by Gasteiger charge is -2.16. The summed E-state index contributed by atoms with van der Waals surface area (Å²) >= 11 is 0. The molecule has 1 aliphatic heterocycles. The summed E-state index contributed by atoms with van der Waals surface area (Å²) in [6.45, 7) is -0.104. The van der Waals surface area contributed by atoms with Crippen LogP contribution in [0, 0.1) is 5.82 Å². The highest BCUT2D eigenvalue weighted by atomic mass is 19.1. The molecule has 2 aromatic heterocycles. The highest BCUT2D eigenvalue weighted by Gasteiger charge is 2.44.